The van der Waals surface area contributed by atoms with Crippen LogP contribution in [0.3, 0.4) is 0 Å². The Morgan fingerprint density at radius 3 is 2.35 bits per heavy atom. The van der Waals surface area contributed by atoms with Crippen molar-refractivity contribution < 1.29 is 29.5 Å². The number of phenols is 1. The molecule has 0 aliphatic carbocycles. The van der Waals surface area contributed by atoms with Gasteiger partial charge >= 0.3 is 5.97 Å². The van der Waals surface area contributed by atoms with Gasteiger partial charge in [-0.1, -0.05) is 24.3 Å². The van der Waals surface area contributed by atoms with E-state index < -0.39 is 34.8 Å². The third-order valence-corrected chi connectivity index (χ3v) is 5.09. The van der Waals surface area contributed by atoms with Crippen molar-refractivity contribution in [2.24, 2.45) is 0 Å². The third-order valence-electron chi connectivity index (χ3n) is 4.12. The minimum absolute atomic E-state index is 0.0702. The lowest BCUT2D eigenvalue weighted by molar-refractivity contribution is -0.387. The number of aromatic hydroxyl groups is 1. The van der Waals surface area contributed by atoms with Gasteiger partial charge in [0.15, 0.2) is 6.04 Å². The average molecular weight is 448 g/mol. The second-order valence-electron chi connectivity index (χ2n) is 6.25. The Kier molecular flexibility index (Phi) is 8.34. The van der Waals surface area contributed by atoms with Gasteiger partial charge in [-0.25, -0.2) is 9.52 Å². The minimum atomic E-state index is -1.43. The standard InChI is InChI=1S/C19H20N4O7S/c1-20-16(25)10-13(22-31-15-5-3-2-4-14(15)23(29)30)18(26)21-17(19(27)28)11-6-8-12(24)9-7-11/h2-9,13,17,22,24H,10H2,1H3,(H,20,25)(H,21,26)(H,27,28). The molecule has 0 bridgehead atoms. The Hall–Kier alpha value is -3.64. The summed E-state index contributed by atoms with van der Waals surface area (Å²) in [4.78, 5) is 47.1. The summed E-state index contributed by atoms with van der Waals surface area (Å²) in [6, 6.07) is 8.47. The number of carboxylic acids is 1. The Bertz CT molecular complexity index is 968. The second-order valence-corrected chi connectivity index (χ2v) is 7.13. The van der Waals surface area contributed by atoms with Gasteiger partial charge in [-0.3, -0.25) is 19.7 Å². The normalized spacial score (nSPS) is 12.4. The number of amides is 2. The van der Waals surface area contributed by atoms with E-state index in [0.717, 1.165) is 11.9 Å². The number of carbonyl (C=O) groups is 3. The molecule has 0 aliphatic rings. The summed E-state index contributed by atoms with van der Waals surface area (Å²) in [5.41, 5.74) is 0.0234. The van der Waals surface area contributed by atoms with Crippen LogP contribution in [0.25, 0.3) is 0 Å². The van der Waals surface area contributed by atoms with E-state index >= 15 is 0 Å². The van der Waals surface area contributed by atoms with Gasteiger partial charge in [0.25, 0.3) is 5.69 Å². The lowest BCUT2D eigenvalue weighted by Crippen LogP contribution is -2.47. The van der Waals surface area contributed by atoms with Gasteiger partial charge in [-0.05, 0) is 35.7 Å². The van der Waals surface area contributed by atoms with Crippen LogP contribution >= 0.6 is 11.9 Å². The molecule has 0 fully saturated rings. The zero-order valence-corrected chi connectivity index (χ0v) is 17.1. The zero-order valence-electron chi connectivity index (χ0n) is 16.3. The van der Waals surface area contributed by atoms with Crippen LogP contribution in [0.5, 0.6) is 5.75 Å². The van der Waals surface area contributed by atoms with E-state index in [2.05, 4.69) is 15.4 Å². The number of carbonyl (C=O) groups excluding carboxylic acids is 2. The molecule has 5 N–H and O–H groups in total. The average Bonchev–Trinajstić information content (AvgIpc) is 2.75. The summed E-state index contributed by atoms with van der Waals surface area (Å²) in [6.45, 7) is 0. The predicted octanol–water partition coefficient (Wildman–Crippen LogP) is 1.34. The molecule has 11 nitrogen and oxygen atoms in total. The van der Waals surface area contributed by atoms with Crippen molar-refractivity contribution in [2.45, 2.75) is 23.4 Å². The van der Waals surface area contributed by atoms with Gasteiger partial charge in [-0.15, -0.1) is 0 Å². The van der Waals surface area contributed by atoms with Gasteiger partial charge in [0.05, 0.1) is 11.3 Å². The summed E-state index contributed by atoms with van der Waals surface area (Å²) >= 11 is 0.785. The summed E-state index contributed by atoms with van der Waals surface area (Å²) in [5.74, 6) is -2.70. The maximum Gasteiger partial charge on any atom is 0.330 e. The fourth-order valence-electron chi connectivity index (χ4n) is 2.50. The highest BCUT2D eigenvalue weighted by Gasteiger charge is 2.28. The highest BCUT2D eigenvalue weighted by Crippen LogP contribution is 2.27. The summed E-state index contributed by atoms with van der Waals surface area (Å²) in [7, 11) is 1.38. The van der Waals surface area contributed by atoms with Crippen molar-refractivity contribution in [3.63, 3.8) is 0 Å². The molecule has 12 heteroatoms. The highest BCUT2D eigenvalue weighted by molar-refractivity contribution is 7.97. The summed E-state index contributed by atoms with van der Waals surface area (Å²) in [5, 5.41) is 34.8. The number of phenolic OH excluding ortho intramolecular Hbond substituents is 1. The van der Waals surface area contributed by atoms with Crippen molar-refractivity contribution >= 4 is 35.4 Å². The van der Waals surface area contributed by atoms with E-state index in [1.807, 2.05) is 0 Å². The molecule has 2 atom stereocenters. The highest BCUT2D eigenvalue weighted by atomic mass is 32.2. The molecule has 0 spiro atoms. The maximum absolute atomic E-state index is 12.8. The Labute approximate surface area is 181 Å². The van der Waals surface area contributed by atoms with Gasteiger partial charge < -0.3 is 20.8 Å². The van der Waals surface area contributed by atoms with Crippen LogP contribution in [0.1, 0.15) is 18.0 Å². The third kappa shape index (κ3) is 6.69. The number of carboxylic acid groups (broad SMARTS) is 1. The van der Waals surface area contributed by atoms with Crippen molar-refractivity contribution in [1.29, 1.82) is 0 Å². The molecule has 2 unspecified atom stereocenters. The number of aliphatic carboxylic acids is 1. The molecule has 0 aromatic heterocycles. The predicted molar refractivity (Wildman–Crippen MR) is 111 cm³/mol. The molecular formula is C19H20N4O7S. The molecular weight excluding hydrogens is 428 g/mol. The smallest absolute Gasteiger partial charge is 0.330 e. The first-order chi connectivity index (χ1) is 14.7. The molecule has 31 heavy (non-hydrogen) atoms. The SMILES string of the molecule is CNC(=O)CC(NSc1ccccc1[N+](=O)[O-])C(=O)NC(C(=O)O)c1ccc(O)cc1. The van der Waals surface area contributed by atoms with Crippen LogP contribution in [-0.2, 0) is 14.4 Å². The van der Waals surface area contributed by atoms with Crippen molar-refractivity contribution in [3.05, 3.63) is 64.2 Å². The van der Waals surface area contributed by atoms with Crippen LogP contribution in [0, 0.1) is 10.1 Å². The lowest BCUT2D eigenvalue weighted by Gasteiger charge is -2.21. The first-order valence-electron chi connectivity index (χ1n) is 8.91. The Morgan fingerprint density at radius 2 is 1.77 bits per heavy atom. The number of hydrogen-bond donors (Lipinski definition) is 5. The summed E-state index contributed by atoms with van der Waals surface area (Å²) < 4.78 is 2.71. The molecule has 0 saturated carbocycles. The maximum atomic E-state index is 12.8. The van der Waals surface area contributed by atoms with Crippen LogP contribution in [-0.4, -0.2) is 46.0 Å². The number of rotatable bonds is 10. The van der Waals surface area contributed by atoms with Crippen LogP contribution < -0.4 is 15.4 Å². The molecule has 0 saturated heterocycles. The summed E-state index contributed by atoms with van der Waals surface area (Å²) in [6.07, 6.45) is -0.335. The molecule has 0 radical (unpaired) electrons. The van der Waals surface area contributed by atoms with Gasteiger partial charge in [0, 0.05) is 13.1 Å². The minimum Gasteiger partial charge on any atom is -0.508 e. The van der Waals surface area contributed by atoms with Crippen LogP contribution in [0.2, 0.25) is 0 Å². The van der Waals surface area contributed by atoms with E-state index in [4.69, 9.17) is 0 Å². The van der Waals surface area contributed by atoms with E-state index in [0.29, 0.717) is 0 Å². The number of nitrogens with zero attached hydrogens (tertiary/aromatic N) is 1. The number of hydrogen-bond acceptors (Lipinski definition) is 8. The van der Waals surface area contributed by atoms with Crippen molar-refractivity contribution in [1.82, 2.24) is 15.4 Å². The lowest BCUT2D eigenvalue weighted by atomic mass is 10.1. The number of nitro groups is 1. The molecule has 0 heterocycles. The van der Waals surface area contributed by atoms with E-state index in [1.165, 1.54) is 49.5 Å². The molecule has 0 aliphatic heterocycles. The largest absolute Gasteiger partial charge is 0.508 e. The molecule has 2 rings (SSSR count). The van der Waals surface area contributed by atoms with Crippen LogP contribution in [0.4, 0.5) is 5.69 Å². The number of benzene rings is 2. The molecule has 164 valence electrons. The fraction of sp³-hybridized carbons (Fsp3) is 0.211. The number of nitrogens with one attached hydrogen (secondary N) is 3. The number of para-hydroxylation sites is 1. The number of nitro benzene ring substituents is 1. The van der Waals surface area contributed by atoms with Gasteiger partial charge in [-0.2, -0.15) is 0 Å². The van der Waals surface area contributed by atoms with E-state index in [9.17, 15) is 34.7 Å². The van der Waals surface area contributed by atoms with Crippen molar-refractivity contribution in [3.8, 4) is 5.75 Å². The van der Waals surface area contributed by atoms with E-state index in [1.54, 1.807) is 6.07 Å². The van der Waals surface area contributed by atoms with Crippen LogP contribution in [0.15, 0.2) is 53.4 Å². The Morgan fingerprint density at radius 1 is 1.13 bits per heavy atom. The monoisotopic (exact) mass is 448 g/mol. The zero-order chi connectivity index (χ0) is 23.0. The first-order valence-corrected chi connectivity index (χ1v) is 9.73. The van der Waals surface area contributed by atoms with Gasteiger partial charge in [0.2, 0.25) is 11.8 Å². The molecule has 2 aromatic carbocycles. The Balaban J connectivity index is 2.20. The second kappa shape index (κ2) is 10.9. The quantitative estimate of drug-likeness (QED) is 0.204. The fourth-order valence-corrected chi connectivity index (χ4v) is 3.35. The topological polar surface area (TPSA) is 171 Å². The van der Waals surface area contributed by atoms with Crippen molar-refractivity contribution in [2.75, 3.05) is 7.05 Å². The molecule has 2 aromatic rings. The van der Waals surface area contributed by atoms with E-state index in [-0.39, 0.29) is 28.3 Å². The molecule has 2 amide bonds. The first kappa shape index (κ1) is 23.6. The van der Waals surface area contributed by atoms with Gasteiger partial charge in [0.1, 0.15) is 16.7 Å².